The number of rotatable bonds is 5. The molecule has 6 nitrogen and oxygen atoms in total. The van der Waals surface area contributed by atoms with Crippen LogP contribution < -0.4 is 14.2 Å². The highest BCUT2D eigenvalue weighted by Crippen LogP contribution is 2.37. The molecular weight excluding hydrogens is 354 g/mol. The second-order valence-corrected chi connectivity index (χ2v) is 8.56. The fraction of sp³-hybridized carbons (Fsp3) is 0.368. The van der Waals surface area contributed by atoms with E-state index in [0.29, 0.717) is 31.7 Å². The van der Waals surface area contributed by atoms with Crippen molar-refractivity contribution in [1.29, 1.82) is 0 Å². The van der Waals surface area contributed by atoms with Crippen molar-refractivity contribution in [3.8, 4) is 17.2 Å². The average molecular weight is 375 g/mol. The van der Waals surface area contributed by atoms with Gasteiger partial charge in [0.05, 0.1) is 12.9 Å². The molecule has 0 saturated heterocycles. The van der Waals surface area contributed by atoms with Gasteiger partial charge in [-0.3, -0.25) is 0 Å². The van der Waals surface area contributed by atoms with Crippen LogP contribution in [0, 0.1) is 0 Å². The van der Waals surface area contributed by atoms with Crippen molar-refractivity contribution in [3.63, 3.8) is 0 Å². The number of methoxy groups -OCH3 is 1. The molecule has 2 aromatic rings. The third-order valence-electron chi connectivity index (χ3n) is 4.85. The number of benzene rings is 2. The van der Waals surface area contributed by atoms with Crippen LogP contribution in [0.4, 0.5) is 0 Å². The predicted molar refractivity (Wildman–Crippen MR) is 97.2 cm³/mol. The molecule has 0 bridgehead atoms. The number of ether oxygens (including phenoxy) is 3. The summed E-state index contributed by atoms with van der Waals surface area (Å²) in [5.41, 5.74) is 3.08. The third-order valence-corrected chi connectivity index (χ3v) is 6.67. The summed E-state index contributed by atoms with van der Waals surface area (Å²) in [6.45, 7) is 1.10. The zero-order valence-corrected chi connectivity index (χ0v) is 15.4. The lowest BCUT2D eigenvalue weighted by Gasteiger charge is -2.28. The van der Waals surface area contributed by atoms with Crippen LogP contribution in [0.15, 0.2) is 36.4 Å². The molecule has 2 aromatic carbocycles. The van der Waals surface area contributed by atoms with Gasteiger partial charge in [0, 0.05) is 13.1 Å². The number of hydrogen-bond acceptors (Lipinski definition) is 5. The Labute approximate surface area is 153 Å². The van der Waals surface area contributed by atoms with Gasteiger partial charge in [0.2, 0.25) is 16.8 Å². The summed E-state index contributed by atoms with van der Waals surface area (Å²) in [5, 5.41) is 0. The maximum atomic E-state index is 12.8. The minimum absolute atomic E-state index is 0.0834. The summed E-state index contributed by atoms with van der Waals surface area (Å²) in [4.78, 5) is 0. The molecule has 0 unspecified atom stereocenters. The first kappa shape index (κ1) is 17.2. The van der Waals surface area contributed by atoms with Gasteiger partial charge in [0.1, 0.15) is 5.75 Å². The van der Waals surface area contributed by atoms with Gasteiger partial charge in [-0.1, -0.05) is 12.1 Å². The van der Waals surface area contributed by atoms with E-state index in [1.54, 1.807) is 11.4 Å². The molecule has 0 spiro atoms. The molecule has 0 fully saturated rings. The van der Waals surface area contributed by atoms with Crippen LogP contribution in [0.1, 0.15) is 16.7 Å². The molecule has 2 aliphatic heterocycles. The standard InChI is InChI=1S/C19H21NO5S/c1-23-17-4-2-3-14(9-17)6-8-26(21,22)20-7-5-15-10-18-19(25-13-24-18)11-16(15)12-20/h2-4,9-11H,5-8,12-13H2,1H3. The smallest absolute Gasteiger partial charge is 0.231 e. The minimum Gasteiger partial charge on any atom is -0.497 e. The molecule has 26 heavy (non-hydrogen) atoms. The fourth-order valence-electron chi connectivity index (χ4n) is 3.36. The van der Waals surface area contributed by atoms with Crippen molar-refractivity contribution in [2.75, 3.05) is 26.2 Å². The van der Waals surface area contributed by atoms with Crippen molar-refractivity contribution in [3.05, 3.63) is 53.1 Å². The van der Waals surface area contributed by atoms with Crippen molar-refractivity contribution in [1.82, 2.24) is 4.31 Å². The van der Waals surface area contributed by atoms with E-state index in [0.717, 1.165) is 28.2 Å². The van der Waals surface area contributed by atoms with Gasteiger partial charge in [-0.05, 0) is 53.8 Å². The molecule has 138 valence electrons. The Morgan fingerprint density at radius 2 is 1.88 bits per heavy atom. The van der Waals surface area contributed by atoms with Gasteiger partial charge in [-0.15, -0.1) is 0 Å². The molecule has 0 aliphatic carbocycles. The Kier molecular flexibility index (Phi) is 4.50. The van der Waals surface area contributed by atoms with E-state index in [1.807, 2.05) is 36.4 Å². The topological polar surface area (TPSA) is 65.1 Å². The molecule has 0 radical (unpaired) electrons. The van der Waals surface area contributed by atoms with E-state index in [4.69, 9.17) is 14.2 Å². The summed E-state index contributed by atoms with van der Waals surface area (Å²) in [5.74, 6) is 2.26. The molecule has 2 aliphatic rings. The SMILES string of the molecule is COc1cccc(CCS(=O)(=O)N2CCc3cc4c(cc3C2)OCO4)c1. The monoisotopic (exact) mass is 375 g/mol. The maximum Gasteiger partial charge on any atom is 0.231 e. The average Bonchev–Trinajstić information content (AvgIpc) is 3.11. The highest BCUT2D eigenvalue weighted by Gasteiger charge is 2.28. The van der Waals surface area contributed by atoms with Crippen molar-refractivity contribution in [2.24, 2.45) is 0 Å². The van der Waals surface area contributed by atoms with Crippen LogP contribution in [-0.2, 0) is 29.4 Å². The first-order valence-corrected chi connectivity index (χ1v) is 10.2. The molecule has 4 rings (SSSR count). The summed E-state index contributed by atoms with van der Waals surface area (Å²) < 4.78 is 43.2. The lowest BCUT2D eigenvalue weighted by atomic mass is 10.0. The van der Waals surface area contributed by atoms with Crippen LogP contribution in [0.25, 0.3) is 0 Å². The van der Waals surface area contributed by atoms with E-state index < -0.39 is 10.0 Å². The molecule has 0 N–H and O–H groups in total. The molecule has 0 amide bonds. The van der Waals surface area contributed by atoms with Gasteiger partial charge in [0.25, 0.3) is 0 Å². The zero-order valence-electron chi connectivity index (χ0n) is 14.6. The zero-order chi connectivity index (χ0) is 18.1. The van der Waals surface area contributed by atoms with E-state index in [9.17, 15) is 8.42 Å². The maximum absolute atomic E-state index is 12.8. The number of aryl methyl sites for hydroxylation is 1. The summed E-state index contributed by atoms with van der Waals surface area (Å²) in [6, 6.07) is 11.4. The van der Waals surface area contributed by atoms with Crippen LogP contribution in [0.3, 0.4) is 0 Å². The fourth-order valence-corrected chi connectivity index (χ4v) is 4.82. The van der Waals surface area contributed by atoms with Crippen LogP contribution in [-0.4, -0.2) is 38.9 Å². The first-order chi connectivity index (χ1) is 12.5. The molecule has 0 atom stereocenters. The van der Waals surface area contributed by atoms with Crippen molar-refractivity contribution in [2.45, 2.75) is 19.4 Å². The van der Waals surface area contributed by atoms with Crippen LogP contribution >= 0.6 is 0 Å². The number of nitrogens with zero attached hydrogens (tertiary/aromatic N) is 1. The second-order valence-electron chi connectivity index (χ2n) is 6.48. The first-order valence-electron chi connectivity index (χ1n) is 8.57. The van der Waals surface area contributed by atoms with Crippen molar-refractivity contribution >= 4 is 10.0 Å². The highest BCUT2D eigenvalue weighted by atomic mass is 32.2. The van der Waals surface area contributed by atoms with Gasteiger partial charge >= 0.3 is 0 Å². The largest absolute Gasteiger partial charge is 0.497 e. The lowest BCUT2D eigenvalue weighted by molar-refractivity contribution is 0.174. The molecular formula is C19H21NO5S. The number of sulfonamides is 1. The minimum atomic E-state index is -3.34. The molecule has 2 heterocycles. The lowest BCUT2D eigenvalue weighted by Crippen LogP contribution is -2.37. The third kappa shape index (κ3) is 3.37. The van der Waals surface area contributed by atoms with Gasteiger partial charge in [0.15, 0.2) is 11.5 Å². The van der Waals surface area contributed by atoms with Gasteiger partial charge in [-0.2, -0.15) is 4.31 Å². The second kappa shape index (κ2) is 6.81. The Morgan fingerprint density at radius 1 is 1.12 bits per heavy atom. The summed E-state index contributed by atoms with van der Waals surface area (Å²) in [7, 11) is -1.73. The Morgan fingerprint density at radius 3 is 2.65 bits per heavy atom. The number of hydrogen-bond donors (Lipinski definition) is 0. The van der Waals surface area contributed by atoms with E-state index in [2.05, 4.69) is 0 Å². The predicted octanol–water partition coefficient (Wildman–Crippen LogP) is 2.35. The summed E-state index contributed by atoms with van der Waals surface area (Å²) in [6.07, 6.45) is 1.15. The molecule has 7 heteroatoms. The number of fused-ring (bicyclic) bond motifs is 2. The van der Waals surface area contributed by atoms with Crippen LogP contribution in [0.2, 0.25) is 0 Å². The van der Waals surface area contributed by atoms with Gasteiger partial charge in [-0.25, -0.2) is 8.42 Å². The normalized spacial score (nSPS) is 16.3. The quantitative estimate of drug-likeness (QED) is 0.803. The Bertz CT molecular complexity index is 926. The summed E-state index contributed by atoms with van der Waals surface area (Å²) >= 11 is 0. The highest BCUT2D eigenvalue weighted by molar-refractivity contribution is 7.89. The Hall–Kier alpha value is -2.25. The molecule has 0 saturated carbocycles. The van der Waals surface area contributed by atoms with E-state index in [1.165, 1.54) is 0 Å². The van der Waals surface area contributed by atoms with Crippen LogP contribution in [0.5, 0.6) is 17.2 Å². The van der Waals surface area contributed by atoms with Crippen molar-refractivity contribution < 1.29 is 22.6 Å². The Balaban J connectivity index is 1.46. The van der Waals surface area contributed by atoms with E-state index >= 15 is 0 Å². The molecule has 0 aromatic heterocycles. The van der Waals surface area contributed by atoms with E-state index in [-0.39, 0.29) is 12.5 Å². The van der Waals surface area contributed by atoms with Gasteiger partial charge < -0.3 is 14.2 Å².